The topological polar surface area (TPSA) is 64.9 Å². The average molecular weight is 349 g/mol. The van der Waals surface area contributed by atoms with Crippen molar-refractivity contribution in [3.63, 3.8) is 0 Å². The molecule has 4 nitrogen and oxygen atoms in total. The molecule has 7 heteroatoms. The van der Waals surface area contributed by atoms with Crippen LogP contribution in [0.3, 0.4) is 0 Å². The van der Waals surface area contributed by atoms with Crippen LogP contribution in [0.5, 0.6) is 0 Å². The highest BCUT2D eigenvalue weighted by molar-refractivity contribution is 9.10. The Balaban J connectivity index is 0.00000133. The minimum absolute atomic E-state index is 0. The lowest BCUT2D eigenvalue weighted by atomic mass is 9.77. The van der Waals surface area contributed by atoms with Crippen LogP contribution in [-0.2, 0) is 5.54 Å². The van der Waals surface area contributed by atoms with Gasteiger partial charge >= 0.3 is 0 Å². The third-order valence-electron chi connectivity index (χ3n) is 3.28. The highest BCUT2D eigenvalue weighted by Gasteiger charge is 2.39. The van der Waals surface area contributed by atoms with E-state index in [0.29, 0.717) is 21.8 Å². The third kappa shape index (κ3) is 2.52. The molecule has 102 valence electrons. The summed E-state index contributed by atoms with van der Waals surface area (Å²) in [6, 6.07) is 4.56. The van der Waals surface area contributed by atoms with Crippen molar-refractivity contribution in [3.8, 4) is 11.5 Å². The van der Waals surface area contributed by atoms with Crippen LogP contribution in [-0.4, -0.2) is 10.1 Å². The molecular weight excluding hydrogens is 337 g/mol. The fourth-order valence-corrected chi connectivity index (χ4v) is 2.33. The van der Waals surface area contributed by atoms with Gasteiger partial charge in [-0.15, -0.1) is 12.4 Å². The average Bonchev–Trinajstić information content (AvgIpc) is 2.79. The molecule has 19 heavy (non-hydrogen) atoms. The van der Waals surface area contributed by atoms with Gasteiger partial charge in [0.15, 0.2) is 5.82 Å². The van der Waals surface area contributed by atoms with E-state index in [1.165, 1.54) is 6.07 Å². The van der Waals surface area contributed by atoms with Crippen LogP contribution in [0.15, 0.2) is 27.2 Å². The largest absolute Gasteiger partial charge is 0.334 e. The number of nitrogens with zero attached hydrogens (tertiary/aromatic N) is 2. The lowest BCUT2D eigenvalue weighted by molar-refractivity contribution is 0.229. The van der Waals surface area contributed by atoms with Crippen LogP contribution >= 0.6 is 28.3 Å². The van der Waals surface area contributed by atoms with Gasteiger partial charge in [0, 0.05) is 5.56 Å². The fourth-order valence-electron chi connectivity index (χ4n) is 1.95. The van der Waals surface area contributed by atoms with E-state index in [1.54, 1.807) is 12.1 Å². The number of aromatic nitrogens is 2. The molecule has 1 aliphatic carbocycles. The Morgan fingerprint density at radius 3 is 2.68 bits per heavy atom. The SMILES string of the molecule is Cl.NC1(c2noc(-c3ccc(F)c(Br)c3)n2)CCC1. The van der Waals surface area contributed by atoms with Crippen molar-refractivity contribution in [1.29, 1.82) is 0 Å². The van der Waals surface area contributed by atoms with Gasteiger partial charge in [-0.3, -0.25) is 0 Å². The molecular formula is C12H12BrClFN3O. The van der Waals surface area contributed by atoms with Crippen molar-refractivity contribution in [2.24, 2.45) is 5.73 Å². The van der Waals surface area contributed by atoms with Crippen molar-refractivity contribution in [1.82, 2.24) is 10.1 Å². The molecule has 1 aromatic carbocycles. The van der Waals surface area contributed by atoms with Crippen LogP contribution < -0.4 is 5.73 Å². The molecule has 1 aromatic heterocycles. The lowest BCUT2D eigenvalue weighted by Gasteiger charge is -2.34. The molecule has 1 aliphatic rings. The summed E-state index contributed by atoms with van der Waals surface area (Å²) in [5.41, 5.74) is 6.34. The minimum atomic E-state index is -0.445. The van der Waals surface area contributed by atoms with E-state index in [2.05, 4.69) is 26.1 Å². The lowest BCUT2D eigenvalue weighted by Crippen LogP contribution is -2.44. The Morgan fingerprint density at radius 2 is 2.11 bits per heavy atom. The number of nitrogens with two attached hydrogens (primary N) is 1. The maximum atomic E-state index is 13.1. The summed E-state index contributed by atoms with van der Waals surface area (Å²) in [5.74, 6) is 0.569. The van der Waals surface area contributed by atoms with E-state index in [1.807, 2.05) is 0 Å². The maximum Gasteiger partial charge on any atom is 0.258 e. The van der Waals surface area contributed by atoms with Crippen LogP contribution in [0.25, 0.3) is 11.5 Å². The molecule has 0 spiro atoms. The molecule has 1 fully saturated rings. The predicted molar refractivity (Wildman–Crippen MR) is 74.4 cm³/mol. The van der Waals surface area contributed by atoms with E-state index in [-0.39, 0.29) is 18.2 Å². The van der Waals surface area contributed by atoms with E-state index in [0.717, 1.165) is 19.3 Å². The monoisotopic (exact) mass is 347 g/mol. The smallest absolute Gasteiger partial charge is 0.258 e. The summed E-state index contributed by atoms with van der Waals surface area (Å²) >= 11 is 3.12. The highest BCUT2D eigenvalue weighted by Crippen LogP contribution is 2.37. The van der Waals surface area contributed by atoms with Gasteiger partial charge in [0.2, 0.25) is 0 Å². The number of rotatable bonds is 2. The zero-order valence-electron chi connectivity index (χ0n) is 9.90. The summed E-state index contributed by atoms with van der Waals surface area (Å²) in [4.78, 5) is 4.30. The Hall–Kier alpha value is -0.980. The van der Waals surface area contributed by atoms with Crippen LogP contribution in [0.2, 0.25) is 0 Å². The molecule has 0 aliphatic heterocycles. The van der Waals surface area contributed by atoms with Crippen molar-refractivity contribution in [3.05, 3.63) is 34.3 Å². The van der Waals surface area contributed by atoms with E-state index >= 15 is 0 Å². The minimum Gasteiger partial charge on any atom is -0.334 e. The maximum absolute atomic E-state index is 13.1. The number of benzene rings is 1. The Labute approximate surface area is 124 Å². The van der Waals surface area contributed by atoms with Crippen LogP contribution in [0.1, 0.15) is 25.1 Å². The van der Waals surface area contributed by atoms with Crippen molar-refractivity contribution in [2.75, 3.05) is 0 Å². The molecule has 1 heterocycles. The van der Waals surface area contributed by atoms with Crippen LogP contribution in [0.4, 0.5) is 4.39 Å². The summed E-state index contributed by atoms with van der Waals surface area (Å²) in [7, 11) is 0. The van der Waals surface area contributed by atoms with E-state index < -0.39 is 5.54 Å². The van der Waals surface area contributed by atoms with Gasteiger partial charge in [-0.25, -0.2) is 4.39 Å². The molecule has 2 aromatic rings. The summed E-state index contributed by atoms with van der Waals surface area (Å²) < 4.78 is 18.7. The number of halogens is 3. The molecule has 0 saturated heterocycles. The molecule has 1 saturated carbocycles. The Bertz CT molecular complexity index is 600. The van der Waals surface area contributed by atoms with E-state index in [9.17, 15) is 4.39 Å². The van der Waals surface area contributed by atoms with Gasteiger partial charge in [0.25, 0.3) is 5.89 Å². The fraction of sp³-hybridized carbons (Fsp3) is 0.333. The van der Waals surface area contributed by atoms with Gasteiger partial charge in [-0.05, 0) is 53.4 Å². The Kier molecular flexibility index (Phi) is 3.94. The highest BCUT2D eigenvalue weighted by atomic mass is 79.9. The van der Waals surface area contributed by atoms with Crippen molar-refractivity contribution in [2.45, 2.75) is 24.8 Å². The molecule has 0 bridgehead atoms. The molecule has 0 atom stereocenters. The summed E-state index contributed by atoms with van der Waals surface area (Å²) in [6.07, 6.45) is 2.83. The summed E-state index contributed by atoms with van der Waals surface area (Å²) in [5, 5.41) is 3.92. The zero-order valence-corrected chi connectivity index (χ0v) is 12.3. The first-order chi connectivity index (χ1) is 8.58. The second-order valence-electron chi connectivity index (χ2n) is 4.56. The normalized spacial score (nSPS) is 16.6. The summed E-state index contributed by atoms with van der Waals surface area (Å²) in [6.45, 7) is 0. The van der Waals surface area contributed by atoms with Gasteiger partial charge in [-0.1, -0.05) is 5.16 Å². The number of hydrogen-bond donors (Lipinski definition) is 1. The number of hydrogen-bond acceptors (Lipinski definition) is 4. The van der Waals surface area contributed by atoms with E-state index in [4.69, 9.17) is 10.3 Å². The van der Waals surface area contributed by atoms with Gasteiger partial charge in [0.1, 0.15) is 5.82 Å². The molecule has 0 amide bonds. The van der Waals surface area contributed by atoms with Gasteiger partial charge < -0.3 is 10.3 Å². The zero-order chi connectivity index (χ0) is 12.8. The molecule has 3 rings (SSSR count). The first kappa shape index (κ1) is 14.4. The van der Waals surface area contributed by atoms with Gasteiger partial charge in [0.05, 0.1) is 10.0 Å². The quantitative estimate of drug-likeness (QED) is 0.903. The molecule has 0 radical (unpaired) electrons. The van der Waals surface area contributed by atoms with Crippen LogP contribution in [0, 0.1) is 5.82 Å². The second-order valence-corrected chi connectivity index (χ2v) is 5.42. The second kappa shape index (κ2) is 5.19. The third-order valence-corrected chi connectivity index (χ3v) is 3.89. The van der Waals surface area contributed by atoms with Gasteiger partial charge in [-0.2, -0.15) is 4.98 Å². The standard InChI is InChI=1S/C12H11BrFN3O.ClH/c13-8-6-7(2-3-9(8)14)10-16-11(17-18-10)12(15)4-1-5-12;/h2-3,6H,1,4-5,15H2;1H. The first-order valence-corrected chi connectivity index (χ1v) is 6.46. The van der Waals surface area contributed by atoms with Crippen molar-refractivity contribution < 1.29 is 8.91 Å². The predicted octanol–water partition coefficient (Wildman–Crippen LogP) is 3.40. The van der Waals surface area contributed by atoms with Crippen molar-refractivity contribution >= 4 is 28.3 Å². The molecule has 0 unspecified atom stereocenters. The first-order valence-electron chi connectivity index (χ1n) is 5.67. The molecule has 2 N–H and O–H groups in total. The Morgan fingerprint density at radius 1 is 1.37 bits per heavy atom.